The van der Waals surface area contributed by atoms with E-state index in [1.54, 1.807) is 6.21 Å². The van der Waals surface area contributed by atoms with E-state index in [-0.39, 0.29) is 24.0 Å². The highest BCUT2D eigenvalue weighted by Crippen LogP contribution is 2.39. The van der Waals surface area contributed by atoms with Crippen molar-refractivity contribution >= 4 is 23.8 Å². The second-order valence-corrected chi connectivity index (χ2v) is 9.49. The van der Waals surface area contributed by atoms with Crippen LogP contribution in [0.2, 0.25) is 0 Å². The molecule has 0 radical (unpaired) electrons. The summed E-state index contributed by atoms with van der Waals surface area (Å²) in [6.07, 6.45) is 3.97. The molecule has 0 bridgehead atoms. The number of nitrogens with zero attached hydrogens (tertiary/aromatic N) is 3. The Morgan fingerprint density at radius 1 is 1.19 bits per heavy atom. The number of rotatable bonds is 7. The van der Waals surface area contributed by atoms with Crippen LogP contribution < -0.4 is 4.90 Å². The first-order valence-electron chi connectivity index (χ1n) is 11.0. The average Bonchev–Trinajstić information content (AvgIpc) is 3.33. The number of hydrogen-bond acceptors (Lipinski definition) is 7. The van der Waals surface area contributed by atoms with E-state index in [0.29, 0.717) is 6.04 Å². The first-order valence-corrected chi connectivity index (χ1v) is 11.0. The summed E-state index contributed by atoms with van der Waals surface area (Å²) in [6.45, 7) is 7.89. The lowest BCUT2D eigenvalue weighted by Gasteiger charge is -2.38. The van der Waals surface area contributed by atoms with Crippen LogP contribution in [0.1, 0.15) is 40.0 Å². The lowest BCUT2D eigenvalue weighted by molar-refractivity contribution is -0.146. The van der Waals surface area contributed by atoms with Crippen molar-refractivity contribution in [2.45, 2.75) is 58.3 Å². The van der Waals surface area contributed by atoms with E-state index in [9.17, 15) is 9.59 Å². The Labute approximate surface area is 185 Å². The molecule has 3 rings (SSSR count). The Morgan fingerprint density at radius 2 is 1.90 bits per heavy atom. The maximum Gasteiger partial charge on any atom is 0.331 e. The van der Waals surface area contributed by atoms with E-state index in [1.807, 2.05) is 39.0 Å². The van der Waals surface area contributed by atoms with Gasteiger partial charge in [0.2, 0.25) is 0 Å². The van der Waals surface area contributed by atoms with Gasteiger partial charge in [-0.05, 0) is 30.4 Å². The third-order valence-corrected chi connectivity index (χ3v) is 6.06. The molecule has 0 aliphatic carbocycles. The van der Waals surface area contributed by atoms with Crippen LogP contribution in [0.5, 0.6) is 0 Å². The summed E-state index contributed by atoms with van der Waals surface area (Å²) in [7, 11) is 2.76. The standard InChI is InChI=1S/C24H35N3O4/c1-24(2,3)16-25-21(23(29)31-5)19(14-20(28)30-4)22-26-13-9-12-18(26)15-27(22)17-10-7-6-8-11-17/h6-8,10-11,16,18-19,21-22H,9,12-15H2,1-5H3/t18?,19-,21-,22-/m1/s1. The number of hydrogen-bond donors (Lipinski definition) is 0. The molecule has 0 amide bonds. The summed E-state index contributed by atoms with van der Waals surface area (Å²) >= 11 is 0. The van der Waals surface area contributed by atoms with E-state index >= 15 is 0 Å². The minimum atomic E-state index is -0.793. The van der Waals surface area contributed by atoms with Gasteiger partial charge in [0.05, 0.1) is 26.8 Å². The monoisotopic (exact) mass is 429 g/mol. The van der Waals surface area contributed by atoms with Gasteiger partial charge in [0, 0.05) is 37.0 Å². The fourth-order valence-electron chi connectivity index (χ4n) is 4.70. The van der Waals surface area contributed by atoms with Crippen LogP contribution in [0.4, 0.5) is 5.69 Å². The van der Waals surface area contributed by atoms with E-state index in [1.165, 1.54) is 14.2 Å². The molecule has 0 N–H and O–H groups in total. The molecule has 0 spiro atoms. The topological polar surface area (TPSA) is 71.4 Å². The largest absolute Gasteiger partial charge is 0.469 e. The first-order chi connectivity index (χ1) is 14.7. The molecule has 4 atom stereocenters. The van der Waals surface area contributed by atoms with Crippen LogP contribution in [0.15, 0.2) is 35.3 Å². The minimum Gasteiger partial charge on any atom is -0.469 e. The van der Waals surface area contributed by atoms with Gasteiger partial charge in [-0.2, -0.15) is 0 Å². The molecule has 2 aliphatic heterocycles. The predicted octanol–water partition coefficient (Wildman–Crippen LogP) is 3.13. The van der Waals surface area contributed by atoms with Crippen LogP contribution in [0, 0.1) is 11.3 Å². The number of anilines is 1. The molecule has 0 saturated carbocycles. The third-order valence-electron chi connectivity index (χ3n) is 6.06. The van der Waals surface area contributed by atoms with E-state index < -0.39 is 17.9 Å². The molecule has 7 heteroatoms. The maximum atomic E-state index is 12.9. The Kier molecular flexibility index (Phi) is 7.36. The van der Waals surface area contributed by atoms with Gasteiger partial charge in [0.25, 0.3) is 0 Å². The van der Waals surface area contributed by atoms with Crippen molar-refractivity contribution in [3.05, 3.63) is 30.3 Å². The Balaban J connectivity index is 2.05. The zero-order valence-corrected chi connectivity index (χ0v) is 19.3. The summed E-state index contributed by atoms with van der Waals surface area (Å²) < 4.78 is 10.2. The lowest BCUT2D eigenvalue weighted by atomic mass is 9.90. The quantitative estimate of drug-likeness (QED) is 0.490. The number of aliphatic imine (C=N–C) groups is 1. The molecule has 1 aromatic carbocycles. The van der Waals surface area contributed by atoms with Crippen molar-refractivity contribution in [3.63, 3.8) is 0 Å². The Morgan fingerprint density at radius 3 is 2.52 bits per heavy atom. The zero-order chi connectivity index (χ0) is 22.6. The number of benzene rings is 1. The predicted molar refractivity (Wildman–Crippen MR) is 121 cm³/mol. The fraction of sp³-hybridized carbons (Fsp3) is 0.625. The van der Waals surface area contributed by atoms with Gasteiger partial charge >= 0.3 is 11.9 Å². The molecule has 2 fully saturated rings. The lowest BCUT2D eigenvalue weighted by Crippen LogP contribution is -2.51. The van der Waals surface area contributed by atoms with Crippen LogP contribution in [0.25, 0.3) is 0 Å². The van der Waals surface area contributed by atoms with Crippen LogP contribution in [0.3, 0.4) is 0 Å². The van der Waals surface area contributed by atoms with Gasteiger partial charge in [-0.15, -0.1) is 0 Å². The average molecular weight is 430 g/mol. The molecule has 2 heterocycles. The zero-order valence-electron chi connectivity index (χ0n) is 19.3. The molecule has 2 saturated heterocycles. The smallest absolute Gasteiger partial charge is 0.331 e. The highest BCUT2D eigenvalue weighted by Gasteiger charge is 2.50. The Hall–Kier alpha value is -2.41. The highest BCUT2D eigenvalue weighted by molar-refractivity contribution is 5.81. The number of methoxy groups -OCH3 is 2. The fourth-order valence-corrected chi connectivity index (χ4v) is 4.70. The molecule has 2 aliphatic rings. The summed E-state index contributed by atoms with van der Waals surface area (Å²) in [5, 5.41) is 0. The van der Waals surface area contributed by atoms with Crippen molar-refractivity contribution in [1.29, 1.82) is 0 Å². The second kappa shape index (κ2) is 9.81. The van der Waals surface area contributed by atoms with Gasteiger partial charge in [-0.1, -0.05) is 39.0 Å². The number of fused-ring (bicyclic) bond motifs is 1. The van der Waals surface area contributed by atoms with Crippen LogP contribution in [-0.4, -0.2) is 68.6 Å². The van der Waals surface area contributed by atoms with Crippen molar-refractivity contribution in [2.75, 3.05) is 32.2 Å². The number of para-hydroxylation sites is 1. The van der Waals surface area contributed by atoms with Gasteiger partial charge in [0.15, 0.2) is 6.04 Å². The van der Waals surface area contributed by atoms with Crippen molar-refractivity contribution in [3.8, 4) is 0 Å². The van der Waals surface area contributed by atoms with Crippen molar-refractivity contribution < 1.29 is 19.1 Å². The summed E-state index contributed by atoms with van der Waals surface area (Å²) in [6, 6.07) is 9.79. The molecule has 0 aromatic heterocycles. The SMILES string of the molecule is COC(=O)C[C@H]([C@@H](N=CC(C)(C)C)C(=O)OC)[C@H]1N(c2ccccc2)CC2CCCN21. The maximum absolute atomic E-state index is 12.9. The summed E-state index contributed by atoms with van der Waals surface area (Å²) in [4.78, 5) is 34.8. The first kappa shape index (κ1) is 23.3. The van der Waals surface area contributed by atoms with Gasteiger partial charge in [-0.3, -0.25) is 14.7 Å². The van der Waals surface area contributed by atoms with E-state index in [0.717, 1.165) is 31.6 Å². The second-order valence-electron chi connectivity index (χ2n) is 9.49. The van der Waals surface area contributed by atoms with Crippen molar-refractivity contribution in [1.82, 2.24) is 4.90 Å². The van der Waals surface area contributed by atoms with Crippen LogP contribution in [-0.2, 0) is 19.1 Å². The van der Waals surface area contributed by atoms with Crippen LogP contribution >= 0.6 is 0 Å². The Bertz CT molecular complexity index is 790. The summed E-state index contributed by atoms with van der Waals surface area (Å²) in [5.74, 6) is -1.17. The minimum absolute atomic E-state index is 0.0922. The molecule has 1 aromatic rings. The van der Waals surface area contributed by atoms with E-state index in [2.05, 4.69) is 26.9 Å². The number of carbonyl (C=O) groups is 2. The van der Waals surface area contributed by atoms with E-state index in [4.69, 9.17) is 9.47 Å². The summed E-state index contributed by atoms with van der Waals surface area (Å²) in [5.41, 5.74) is 0.882. The number of esters is 2. The van der Waals surface area contributed by atoms with Gasteiger partial charge in [0.1, 0.15) is 0 Å². The molecular formula is C24H35N3O4. The molecule has 1 unspecified atom stereocenters. The normalized spacial score (nSPS) is 23.6. The third kappa shape index (κ3) is 5.45. The number of carbonyl (C=O) groups excluding carboxylic acids is 2. The molecule has 31 heavy (non-hydrogen) atoms. The van der Waals surface area contributed by atoms with Crippen molar-refractivity contribution in [2.24, 2.45) is 16.3 Å². The molecule has 170 valence electrons. The highest BCUT2D eigenvalue weighted by atomic mass is 16.5. The number of ether oxygens (including phenoxy) is 2. The molecule has 7 nitrogen and oxygen atoms in total. The molecular weight excluding hydrogens is 394 g/mol. The van der Waals surface area contributed by atoms with Gasteiger partial charge in [-0.25, -0.2) is 4.79 Å². The van der Waals surface area contributed by atoms with Gasteiger partial charge < -0.3 is 14.4 Å².